The highest BCUT2D eigenvalue weighted by atomic mass is 16.2. The van der Waals surface area contributed by atoms with Gasteiger partial charge in [0, 0.05) is 5.56 Å². The van der Waals surface area contributed by atoms with E-state index in [1.807, 2.05) is 52.8 Å². The number of hydrazone groups is 1. The Morgan fingerprint density at radius 1 is 0.923 bits per heavy atom. The molecule has 0 aliphatic rings. The predicted molar refractivity (Wildman–Crippen MR) is 106 cm³/mol. The average molecular weight is 361 g/mol. The summed E-state index contributed by atoms with van der Waals surface area (Å²) in [4.78, 5) is 23.5. The molecule has 0 aliphatic carbocycles. The molecule has 0 fully saturated rings. The standard InChI is InChI=1S/C20H32N4O2/c1-15(23-24-18(26)17-11-8-7-9-12-17)19(3,4)21-13-10-14-22-20(5,6)16(2)25/h7-9,11-12,21-22H,10,13-14H2,1-6H3,(H,24,26). The Bertz CT molecular complexity index is 636. The molecule has 3 N–H and O–H groups in total. The summed E-state index contributed by atoms with van der Waals surface area (Å²) in [5.74, 6) is -0.0978. The van der Waals surface area contributed by atoms with Crippen molar-refractivity contribution < 1.29 is 9.59 Å². The van der Waals surface area contributed by atoms with E-state index in [4.69, 9.17) is 0 Å². The molecule has 0 atom stereocenters. The second-order valence-electron chi connectivity index (χ2n) is 7.52. The van der Waals surface area contributed by atoms with Crippen molar-refractivity contribution in [1.29, 1.82) is 0 Å². The molecule has 6 nitrogen and oxygen atoms in total. The van der Waals surface area contributed by atoms with E-state index < -0.39 is 5.54 Å². The number of carbonyl (C=O) groups excluding carboxylic acids is 2. The van der Waals surface area contributed by atoms with Crippen LogP contribution < -0.4 is 16.1 Å². The molecule has 0 saturated heterocycles. The van der Waals surface area contributed by atoms with E-state index in [9.17, 15) is 9.59 Å². The number of hydrogen-bond donors (Lipinski definition) is 3. The summed E-state index contributed by atoms with van der Waals surface area (Å²) in [6.45, 7) is 12.8. The van der Waals surface area contributed by atoms with Gasteiger partial charge in [0.2, 0.25) is 0 Å². The third-order valence-corrected chi connectivity index (χ3v) is 4.63. The van der Waals surface area contributed by atoms with Gasteiger partial charge in [-0.25, -0.2) is 5.43 Å². The fourth-order valence-electron chi connectivity index (χ4n) is 2.07. The molecular formula is C20H32N4O2. The molecule has 144 valence electrons. The number of amides is 1. The van der Waals surface area contributed by atoms with Gasteiger partial charge in [-0.05, 0) is 73.2 Å². The minimum atomic E-state index is -0.491. The normalized spacial score (nSPS) is 12.8. The van der Waals surface area contributed by atoms with E-state index in [-0.39, 0.29) is 17.2 Å². The van der Waals surface area contributed by atoms with Crippen molar-refractivity contribution in [3.63, 3.8) is 0 Å². The lowest BCUT2D eigenvalue weighted by Crippen LogP contribution is -2.49. The predicted octanol–water partition coefficient (Wildman–Crippen LogP) is 2.51. The number of rotatable bonds is 10. The Balaban J connectivity index is 2.43. The zero-order valence-electron chi connectivity index (χ0n) is 16.8. The van der Waals surface area contributed by atoms with E-state index in [2.05, 4.69) is 21.2 Å². The fourth-order valence-corrected chi connectivity index (χ4v) is 2.07. The van der Waals surface area contributed by atoms with E-state index in [1.165, 1.54) is 0 Å². The van der Waals surface area contributed by atoms with E-state index >= 15 is 0 Å². The minimum absolute atomic E-state index is 0.128. The van der Waals surface area contributed by atoms with Gasteiger partial charge in [-0.1, -0.05) is 18.2 Å². The summed E-state index contributed by atoms with van der Waals surface area (Å²) in [5, 5.41) is 10.9. The molecule has 1 aromatic carbocycles. The van der Waals surface area contributed by atoms with Gasteiger partial charge in [0.1, 0.15) is 5.78 Å². The SMILES string of the molecule is CC(=O)C(C)(C)NCCCNC(C)(C)C(C)=NNC(=O)c1ccccc1. The summed E-state index contributed by atoms with van der Waals surface area (Å²) >= 11 is 0. The van der Waals surface area contributed by atoms with Crippen molar-refractivity contribution >= 4 is 17.4 Å². The zero-order chi connectivity index (χ0) is 19.8. The van der Waals surface area contributed by atoms with Gasteiger partial charge in [-0.15, -0.1) is 0 Å². The number of benzene rings is 1. The number of ketones is 1. The van der Waals surface area contributed by atoms with Gasteiger partial charge in [0.05, 0.1) is 16.8 Å². The van der Waals surface area contributed by atoms with Crippen LogP contribution in [-0.2, 0) is 4.79 Å². The third kappa shape index (κ3) is 7.06. The largest absolute Gasteiger partial charge is 0.307 e. The highest BCUT2D eigenvalue weighted by molar-refractivity contribution is 5.96. The van der Waals surface area contributed by atoms with Crippen LogP contribution in [0.1, 0.15) is 58.3 Å². The minimum Gasteiger partial charge on any atom is -0.307 e. The Morgan fingerprint density at radius 2 is 1.46 bits per heavy atom. The van der Waals surface area contributed by atoms with E-state index in [1.54, 1.807) is 19.1 Å². The molecule has 0 spiro atoms. The zero-order valence-corrected chi connectivity index (χ0v) is 16.8. The van der Waals surface area contributed by atoms with E-state index in [0.717, 1.165) is 25.2 Å². The second kappa shape index (κ2) is 9.59. The Morgan fingerprint density at radius 3 is 2.00 bits per heavy atom. The maximum Gasteiger partial charge on any atom is 0.271 e. The smallest absolute Gasteiger partial charge is 0.271 e. The maximum absolute atomic E-state index is 12.0. The lowest BCUT2D eigenvalue weighted by molar-refractivity contribution is -0.122. The van der Waals surface area contributed by atoms with Crippen LogP contribution in [0.15, 0.2) is 35.4 Å². The van der Waals surface area contributed by atoms with Crippen LogP contribution in [0, 0.1) is 0 Å². The first-order valence-corrected chi connectivity index (χ1v) is 8.97. The van der Waals surface area contributed by atoms with Crippen LogP contribution in [0.4, 0.5) is 0 Å². The van der Waals surface area contributed by atoms with Crippen LogP contribution in [0.25, 0.3) is 0 Å². The quantitative estimate of drug-likeness (QED) is 0.340. The maximum atomic E-state index is 12.0. The molecule has 0 unspecified atom stereocenters. The van der Waals surface area contributed by atoms with Gasteiger partial charge < -0.3 is 10.6 Å². The van der Waals surface area contributed by atoms with Gasteiger partial charge in [-0.3, -0.25) is 9.59 Å². The average Bonchev–Trinajstić information content (AvgIpc) is 2.59. The van der Waals surface area contributed by atoms with Crippen LogP contribution in [0.5, 0.6) is 0 Å². The topological polar surface area (TPSA) is 82.6 Å². The first-order valence-electron chi connectivity index (χ1n) is 8.97. The summed E-state index contributed by atoms with van der Waals surface area (Å²) in [5.41, 5.74) is 3.13. The van der Waals surface area contributed by atoms with Gasteiger partial charge in [0.15, 0.2) is 0 Å². The van der Waals surface area contributed by atoms with Crippen molar-refractivity contribution in [3.05, 3.63) is 35.9 Å². The Hall–Kier alpha value is -2.05. The molecule has 0 saturated carbocycles. The molecule has 0 bridgehead atoms. The molecule has 0 heterocycles. The fraction of sp³-hybridized carbons (Fsp3) is 0.550. The first-order chi connectivity index (χ1) is 12.1. The van der Waals surface area contributed by atoms with Gasteiger partial charge in [-0.2, -0.15) is 5.10 Å². The van der Waals surface area contributed by atoms with Crippen molar-refractivity contribution in [2.75, 3.05) is 13.1 Å². The second-order valence-corrected chi connectivity index (χ2v) is 7.52. The van der Waals surface area contributed by atoms with Gasteiger partial charge >= 0.3 is 0 Å². The molecule has 1 amide bonds. The highest BCUT2D eigenvalue weighted by Gasteiger charge is 2.23. The third-order valence-electron chi connectivity index (χ3n) is 4.63. The summed E-state index contributed by atoms with van der Waals surface area (Å²) in [7, 11) is 0. The number of carbonyl (C=O) groups is 2. The van der Waals surface area contributed by atoms with E-state index in [0.29, 0.717) is 5.56 Å². The van der Waals surface area contributed by atoms with Gasteiger partial charge in [0.25, 0.3) is 5.91 Å². The molecular weight excluding hydrogens is 328 g/mol. The Labute approximate surface area is 156 Å². The Kier molecular flexibility index (Phi) is 8.11. The molecule has 26 heavy (non-hydrogen) atoms. The molecule has 0 radical (unpaired) electrons. The number of Topliss-reactive ketones (excluding diaryl/α,β-unsaturated/α-hetero) is 1. The molecule has 1 rings (SSSR count). The lowest BCUT2D eigenvalue weighted by atomic mass is 9.99. The molecule has 0 aromatic heterocycles. The van der Waals surface area contributed by atoms with Crippen LogP contribution >= 0.6 is 0 Å². The summed E-state index contributed by atoms with van der Waals surface area (Å²) in [6.07, 6.45) is 0.879. The highest BCUT2D eigenvalue weighted by Crippen LogP contribution is 2.06. The number of nitrogens with zero attached hydrogens (tertiary/aromatic N) is 1. The first kappa shape index (κ1) is 22.0. The number of nitrogens with one attached hydrogen (secondary N) is 3. The molecule has 1 aromatic rings. The van der Waals surface area contributed by atoms with Crippen LogP contribution in [0.2, 0.25) is 0 Å². The van der Waals surface area contributed by atoms with Crippen molar-refractivity contribution in [2.45, 2.75) is 59.0 Å². The molecule has 6 heteroatoms. The lowest BCUT2D eigenvalue weighted by Gasteiger charge is -2.27. The van der Waals surface area contributed by atoms with Crippen molar-refractivity contribution in [3.8, 4) is 0 Å². The van der Waals surface area contributed by atoms with Crippen LogP contribution in [0.3, 0.4) is 0 Å². The van der Waals surface area contributed by atoms with Crippen molar-refractivity contribution in [1.82, 2.24) is 16.1 Å². The number of hydrogen-bond acceptors (Lipinski definition) is 5. The summed E-state index contributed by atoms with van der Waals surface area (Å²) in [6, 6.07) is 9.00. The monoisotopic (exact) mass is 360 g/mol. The van der Waals surface area contributed by atoms with Crippen molar-refractivity contribution in [2.24, 2.45) is 5.10 Å². The summed E-state index contributed by atoms with van der Waals surface area (Å²) < 4.78 is 0. The van der Waals surface area contributed by atoms with Crippen LogP contribution in [-0.4, -0.2) is 41.6 Å². The molecule has 0 aliphatic heterocycles.